The second-order valence-corrected chi connectivity index (χ2v) is 7.24. The first-order valence-electron chi connectivity index (χ1n) is 9.20. The van der Waals surface area contributed by atoms with Gasteiger partial charge in [0.2, 0.25) is 0 Å². The molecule has 1 aliphatic heterocycles. The summed E-state index contributed by atoms with van der Waals surface area (Å²) in [5.41, 5.74) is 1.35. The Labute approximate surface area is 165 Å². The summed E-state index contributed by atoms with van der Waals surface area (Å²) in [5.74, 6) is -0.603. The molecule has 5 rings (SSSR count). The second kappa shape index (κ2) is 6.08. The Morgan fingerprint density at radius 3 is 2.14 bits per heavy atom. The smallest absolute Gasteiger partial charge is 0.390 e. The lowest BCUT2D eigenvalue weighted by molar-refractivity contribution is -0.161. The molecule has 1 unspecified atom stereocenters. The van der Waals surface area contributed by atoms with Crippen LogP contribution in [0, 0.1) is 0 Å². The molecule has 1 heterocycles. The summed E-state index contributed by atoms with van der Waals surface area (Å²) in [6.07, 6.45) is -5.87. The first-order chi connectivity index (χ1) is 13.9. The first-order valence-corrected chi connectivity index (χ1v) is 9.20. The van der Waals surface area contributed by atoms with Gasteiger partial charge in [0, 0.05) is 5.56 Å². The van der Waals surface area contributed by atoms with Gasteiger partial charge in [0.15, 0.2) is 0 Å². The number of fused-ring (bicyclic) bond motifs is 5. The molecule has 0 saturated carbocycles. The van der Waals surface area contributed by atoms with Gasteiger partial charge in [-0.1, -0.05) is 72.8 Å². The van der Waals surface area contributed by atoms with E-state index in [4.69, 9.17) is 4.74 Å². The van der Waals surface area contributed by atoms with Crippen LogP contribution in [-0.2, 0) is 10.2 Å². The maximum Gasteiger partial charge on any atom is 0.390 e. The lowest BCUT2D eigenvalue weighted by Gasteiger charge is -2.36. The molecule has 2 nitrogen and oxygen atoms in total. The Hall–Kier alpha value is -3.34. The van der Waals surface area contributed by atoms with Crippen LogP contribution in [0.2, 0.25) is 0 Å². The number of rotatable bonds is 2. The standard InChI is InChI=1S/C24H15F3O2/c25-24(26,27)14-23-18-12-6-4-10-16(18)20(15-8-2-1-3-9-15)21(23)17-11-5-7-13-19(17)29-22(23)28/h1-13H,14H2. The van der Waals surface area contributed by atoms with E-state index < -0.39 is 24.0 Å². The van der Waals surface area contributed by atoms with E-state index in [9.17, 15) is 18.0 Å². The number of hydrogen-bond donors (Lipinski definition) is 0. The Morgan fingerprint density at radius 1 is 0.793 bits per heavy atom. The van der Waals surface area contributed by atoms with Crippen LogP contribution in [0.5, 0.6) is 5.75 Å². The number of esters is 1. The average molecular weight is 392 g/mol. The summed E-state index contributed by atoms with van der Waals surface area (Å²) in [6.45, 7) is 0. The van der Waals surface area contributed by atoms with Crippen LogP contribution < -0.4 is 4.74 Å². The third kappa shape index (κ3) is 2.54. The van der Waals surface area contributed by atoms with Gasteiger partial charge in [0.1, 0.15) is 11.2 Å². The third-order valence-corrected chi connectivity index (χ3v) is 5.57. The molecule has 1 aliphatic carbocycles. The summed E-state index contributed by atoms with van der Waals surface area (Å²) in [4.78, 5) is 13.2. The number of hydrogen-bond acceptors (Lipinski definition) is 2. The predicted molar refractivity (Wildman–Crippen MR) is 103 cm³/mol. The highest BCUT2D eigenvalue weighted by molar-refractivity contribution is 6.18. The monoisotopic (exact) mass is 392 g/mol. The van der Waals surface area contributed by atoms with Crippen molar-refractivity contribution in [1.29, 1.82) is 0 Å². The van der Waals surface area contributed by atoms with Gasteiger partial charge in [0.05, 0.1) is 6.42 Å². The van der Waals surface area contributed by atoms with E-state index in [1.165, 1.54) is 0 Å². The molecule has 0 amide bonds. The lowest BCUT2D eigenvalue weighted by Crippen LogP contribution is -2.45. The van der Waals surface area contributed by atoms with Crippen LogP contribution in [0.25, 0.3) is 11.1 Å². The van der Waals surface area contributed by atoms with Crippen molar-refractivity contribution in [3.8, 4) is 5.75 Å². The van der Waals surface area contributed by atoms with Crippen LogP contribution >= 0.6 is 0 Å². The van der Waals surface area contributed by atoms with Gasteiger partial charge in [-0.05, 0) is 33.9 Å². The minimum Gasteiger partial charge on any atom is -0.425 e. The van der Waals surface area contributed by atoms with Crippen molar-refractivity contribution in [2.24, 2.45) is 0 Å². The molecule has 3 aromatic carbocycles. The number of carbonyl (C=O) groups is 1. The Balaban J connectivity index is 1.94. The number of alkyl halides is 3. The van der Waals surface area contributed by atoms with Gasteiger partial charge in [-0.25, -0.2) is 0 Å². The number of carbonyl (C=O) groups excluding carboxylic acids is 1. The quantitative estimate of drug-likeness (QED) is 0.409. The van der Waals surface area contributed by atoms with Crippen molar-refractivity contribution in [2.75, 3.05) is 0 Å². The molecule has 0 saturated heterocycles. The largest absolute Gasteiger partial charge is 0.425 e. The maximum absolute atomic E-state index is 13.8. The summed E-state index contributed by atoms with van der Waals surface area (Å²) in [7, 11) is 0. The highest BCUT2D eigenvalue weighted by atomic mass is 19.4. The molecule has 0 fully saturated rings. The van der Waals surface area contributed by atoms with Gasteiger partial charge in [-0.2, -0.15) is 13.2 Å². The van der Waals surface area contributed by atoms with Gasteiger partial charge in [-0.3, -0.25) is 4.79 Å². The van der Waals surface area contributed by atoms with E-state index in [2.05, 4.69) is 0 Å². The minimum absolute atomic E-state index is 0.284. The fourth-order valence-corrected chi connectivity index (χ4v) is 4.54. The SMILES string of the molecule is O=C1Oc2ccccc2C2=C(c3ccccc3)c3ccccc3C12CC(F)(F)F. The molecule has 5 heteroatoms. The van der Waals surface area contributed by atoms with Gasteiger partial charge in [-0.15, -0.1) is 0 Å². The molecule has 0 aromatic heterocycles. The summed E-state index contributed by atoms with van der Waals surface area (Å²) in [5, 5.41) is 0. The number of benzene rings is 3. The van der Waals surface area contributed by atoms with E-state index in [1.807, 2.05) is 30.3 Å². The van der Waals surface area contributed by atoms with E-state index in [-0.39, 0.29) is 5.75 Å². The predicted octanol–water partition coefficient (Wildman–Crippen LogP) is 5.77. The van der Waals surface area contributed by atoms with E-state index >= 15 is 0 Å². The molecular formula is C24H15F3O2. The molecule has 0 bridgehead atoms. The molecule has 0 N–H and O–H groups in total. The van der Waals surface area contributed by atoms with Crippen molar-refractivity contribution in [2.45, 2.75) is 18.0 Å². The number of para-hydroxylation sites is 1. The summed E-state index contributed by atoms with van der Waals surface area (Å²) in [6, 6.07) is 22.8. The van der Waals surface area contributed by atoms with E-state index in [0.717, 1.165) is 5.56 Å². The van der Waals surface area contributed by atoms with E-state index in [0.29, 0.717) is 27.8 Å². The Morgan fingerprint density at radius 2 is 1.41 bits per heavy atom. The van der Waals surface area contributed by atoms with Crippen molar-refractivity contribution >= 4 is 17.1 Å². The van der Waals surface area contributed by atoms with Gasteiger partial charge >= 0.3 is 12.1 Å². The van der Waals surface area contributed by atoms with Crippen LogP contribution in [-0.4, -0.2) is 12.1 Å². The topological polar surface area (TPSA) is 26.3 Å². The van der Waals surface area contributed by atoms with Gasteiger partial charge in [0.25, 0.3) is 0 Å². The fourth-order valence-electron chi connectivity index (χ4n) is 4.54. The van der Waals surface area contributed by atoms with Crippen LogP contribution in [0.1, 0.15) is 28.7 Å². The molecule has 144 valence electrons. The zero-order valence-electron chi connectivity index (χ0n) is 15.2. The molecule has 3 aromatic rings. The average Bonchev–Trinajstić information content (AvgIpc) is 2.99. The van der Waals surface area contributed by atoms with Crippen molar-refractivity contribution < 1.29 is 22.7 Å². The second-order valence-electron chi connectivity index (χ2n) is 7.24. The highest BCUT2D eigenvalue weighted by Crippen LogP contribution is 2.60. The zero-order chi connectivity index (χ0) is 20.2. The third-order valence-electron chi connectivity index (χ3n) is 5.57. The van der Waals surface area contributed by atoms with Gasteiger partial charge < -0.3 is 4.74 Å². The minimum atomic E-state index is -4.56. The Bertz CT molecular complexity index is 1160. The van der Waals surface area contributed by atoms with Crippen LogP contribution in [0.3, 0.4) is 0 Å². The first kappa shape index (κ1) is 17.7. The van der Waals surface area contributed by atoms with Crippen molar-refractivity contribution in [1.82, 2.24) is 0 Å². The fraction of sp³-hybridized carbons (Fsp3) is 0.125. The van der Waals surface area contributed by atoms with Crippen molar-refractivity contribution in [3.05, 3.63) is 101 Å². The molecule has 2 aliphatic rings. The van der Waals surface area contributed by atoms with Crippen molar-refractivity contribution in [3.63, 3.8) is 0 Å². The summed E-state index contributed by atoms with van der Waals surface area (Å²) >= 11 is 0. The maximum atomic E-state index is 13.8. The zero-order valence-corrected chi connectivity index (χ0v) is 15.2. The molecular weight excluding hydrogens is 377 g/mol. The molecule has 1 atom stereocenters. The molecule has 0 radical (unpaired) electrons. The summed E-state index contributed by atoms with van der Waals surface area (Å²) < 4.78 is 46.9. The molecule has 0 spiro atoms. The number of halogens is 3. The lowest BCUT2D eigenvalue weighted by atomic mass is 9.70. The van der Waals surface area contributed by atoms with E-state index in [1.54, 1.807) is 48.5 Å². The molecule has 29 heavy (non-hydrogen) atoms. The Kier molecular flexibility index (Phi) is 3.72. The van der Waals surface area contributed by atoms with Crippen LogP contribution in [0.4, 0.5) is 13.2 Å². The number of ether oxygens (including phenoxy) is 1. The normalized spacial score (nSPS) is 20.0. The van der Waals surface area contributed by atoms with Crippen LogP contribution in [0.15, 0.2) is 78.9 Å². The highest BCUT2D eigenvalue weighted by Gasteiger charge is 2.60.